The molecule has 11 heteroatoms. The Morgan fingerprint density at radius 3 is 2.42 bits per heavy atom. The molecule has 1 atom stereocenters. The first kappa shape index (κ1) is 35.0. The summed E-state index contributed by atoms with van der Waals surface area (Å²) < 4.78 is 19.4. The highest BCUT2D eigenvalue weighted by molar-refractivity contribution is 7.07. The molecule has 1 aliphatic rings. The number of rotatable bonds is 10. The number of nitrogens with one attached hydrogen (secondary N) is 1. The molecule has 1 amide bonds. The quantitative estimate of drug-likeness (QED) is 0.159. The Morgan fingerprint density at radius 2 is 1.72 bits per heavy atom. The van der Waals surface area contributed by atoms with E-state index in [-0.39, 0.29) is 18.1 Å². The van der Waals surface area contributed by atoms with Crippen LogP contribution in [0.25, 0.3) is 6.08 Å². The van der Waals surface area contributed by atoms with Crippen molar-refractivity contribution in [3.05, 3.63) is 148 Å². The Balaban J connectivity index is 1.38. The Bertz CT molecular complexity index is 2310. The van der Waals surface area contributed by atoms with Crippen molar-refractivity contribution in [3.8, 4) is 17.2 Å². The highest BCUT2D eigenvalue weighted by Gasteiger charge is 2.32. The van der Waals surface area contributed by atoms with Gasteiger partial charge in [0.2, 0.25) is 0 Å². The molecule has 0 radical (unpaired) electrons. The number of amides is 1. The summed E-state index contributed by atoms with van der Waals surface area (Å²) in [7, 11) is 1.59. The minimum atomic E-state index is -0.721. The van der Waals surface area contributed by atoms with E-state index in [1.807, 2.05) is 87.5 Å². The van der Waals surface area contributed by atoms with E-state index in [4.69, 9.17) is 42.4 Å². The molecule has 0 bridgehead atoms. The number of methoxy groups -OCH3 is 1. The summed E-state index contributed by atoms with van der Waals surface area (Å²) in [6.45, 7) is 8.33. The van der Waals surface area contributed by atoms with E-state index in [2.05, 4.69) is 5.32 Å². The summed E-state index contributed by atoms with van der Waals surface area (Å²) >= 11 is 13.5. The van der Waals surface area contributed by atoms with Crippen LogP contribution in [0.2, 0.25) is 10.0 Å². The van der Waals surface area contributed by atoms with Gasteiger partial charge >= 0.3 is 0 Å². The lowest BCUT2D eigenvalue weighted by Gasteiger charge is -2.25. The maximum atomic E-state index is 14.3. The van der Waals surface area contributed by atoms with Crippen LogP contribution < -0.4 is 34.4 Å². The number of hydrogen-bond donors (Lipinski definition) is 1. The van der Waals surface area contributed by atoms with Gasteiger partial charge in [-0.05, 0) is 98.5 Å². The average Bonchev–Trinajstić information content (AvgIpc) is 3.40. The number of aromatic nitrogens is 1. The Morgan fingerprint density at radius 1 is 0.940 bits per heavy atom. The largest absolute Gasteiger partial charge is 0.497 e. The molecule has 0 saturated heterocycles. The van der Waals surface area contributed by atoms with Gasteiger partial charge in [-0.3, -0.25) is 14.2 Å². The highest BCUT2D eigenvalue weighted by atomic mass is 35.5. The fourth-order valence-corrected chi connectivity index (χ4v) is 7.17. The zero-order chi connectivity index (χ0) is 35.5. The molecule has 5 aromatic rings. The smallest absolute Gasteiger partial charge is 0.271 e. The van der Waals surface area contributed by atoms with Gasteiger partial charge in [-0.25, -0.2) is 4.99 Å². The first-order valence-electron chi connectivity index (χ1n) is 15.9. The van der Waals surface area contributed by atoms with E-state index in [1.54, 1.807) is 36.8 Å². The van der Waals surface area contributed by atoms with Crippen LogP contribution in [0.15, 0.2) is 99.9 Å². The van der Waals surface area contributed by atoms with Gasteiger partial charge in [0.25, 0.3) is 11.5 Å². The fourth-order valence-electron chi connectivity index (χ4n) is 5.80. The molecular weight excluding hydrogens is 693 g/mol. The van der Waals surface area contributed by atoms with Crippen LogP contribution in [0.4, 0.5) is 5.69 Å². The third-order valence-electron chi connectivity index (χ3n) is 8.27. The molecule has 256 valence electrons. The number of fused-ring (bicyclic) bond motifs is 1. The zero-order valence-corrected chi connectivity index (χ0v) is 30.5. The van der Waals surface area contributed by atoms with Gasteiger partial charge in [-0.15, -0.1) is 0 Å². The molecule has 0 aliphatic carbocycles. The predicted molar refractivity (Wildman–Crippen MR) is 200 cm³/mol. The first-order valence-corrected chi connectivity index (χ1v) is 17.5. The Labute approximate surface area is 303 Å². The van der Waals surface area contributed by atoms with Gasteiger partial charge in [0.05, 0.1) is 45.6 Å². The minimum Gasteiger partial charge on any atom is -0.497 e. The molecule has 0 spiro atoms. The molecule has 50 heavy (non-hydrogen) atoms. The topological polar surface area (TPSA) is 91.2 Å². The Kier molecular flexibility index (Phi) is 10.5. The molecule has 6 rings (SSSR count). The molecule has 0 fully saturated rings. The molecular formula is C39H35Cl2N3O5S. The van der Waals surface area contributed by atoms with Gasteiger partial charge in [0.1, 0.15) is 12.4 Å². The van der Waals surface area contributed by atoms with E-state index in [0.29, 0.717) is 60.2 Å². The molecule has 0 saturated carbocycles. The summed E-state index contributed by atoms with van der Waals surface area (Å²) in [4.78, 5) is 33.6. The maximum absolute atomic E-state index is 14.3. The van der Waals surface area contributed by atoms with Crippen LogP contribution in [-0.2, 0) is 11.4 Å². The normalized spacial score (nSPS) is 14.2. The van der Waals surface area contributed by atoms with Crippen LogP contribution in [0.5, 0.6) is 17.2 Å². The molecule has 8 nitrogen and oxygen atoms in total. The number of carbonyl (C=O) groups excluding carboxylic acids is 1. The maximum Gasteiger partial charge on any atom is 0.271 e. The van der Waals surface area contributed by atoms with Crippen molar-refractivity contribution in [2.24, 2.45) is 4.99 Å². The third kappa shape index (κ3) is 7.35. The summed E-state index contributed by atoms with van der Waals surface area (Å²) in [5.41, 5.74) is 5.73. The highest BCUT2D eigenvalue weighted by Crippen LogP contribution is 2.33. The SMILES string of the molecule is CCOc1cc(/C=c2/sc3n(c2=O)[C@@H](c2ccc(OC)cc2)C(C(=O)Nc2ccc(C)cc2C)=C(C)N=3)ccc1OCc1ccc(Cl)c(Cl)c1. The molecule has 1 aliphatic heterocycles. The fraction of sp³-hybridized carbons (Fsp3) is 0.205. The van der Waals surface area contributed by atoms with Crippen molar-refractivity contribution in [2.45, 2.75) is 40.3 Å². The van der Waals surface area contributed by atoms with Gasteiger partial charge < -0.3 is 19.5 Å². The summed E-state index contributed by atoms with van der Waals surface area (Å²) in [6.07, 6.45) is 1.80. The van der Waals surface area contributed by atoms with E-state index in [0.717, 1.165) is 27.8 Å². The molecule has 1 aromatic heterocycles. The summed E-state index contributed by atoms with van der Waals surface area (Å²) in [6, 6.07) is 23.4. The van der Waals surface area contributed by atoms with Crippen LogP contribution >= 0.6 is 34.5 Å². The number of allylic oxidation sites excluding steroid dienone is 1. The number of hydrogen-bond acceptors (Lipinski definition) is 7. The lowest BCUT2D eigenvalue weighted by Crippen LogP contribution is -2.40. The van der Waals surface area contributed by atoms with E-state index < -0.39 is 6.04 Å². The van der Waals surface area contributed by atoms with Crippen molar-refractivity contribution in [2.75, 3.05) is 19.0 Å². The number of carbonyl (C=O) groups is 1. The van der Waals surface area contributed by atoms with Crippen molar-refractivity contribution >= 4 is 52.2 Å². The number of anilines is 1. The molecule has 1 N–H and O–H groups in total. The van der Waals surface area contributed by atoms with Crippen molar-refractivity contribution in [3.63, 3.8) is 0 Å². The molecule has 2 heterocycles. The number of aryl methyl sites for hydroxylation is 2. The van der Waals surface area contributed by atoms with Gasteiger partial charge in [-0.2, -0.15) is 0 Å². The van der Waals surface area contributed by atoms with Crippen LogP contribution in [0.1, 0.15) is 47.7 Å². The van der Waals surface area contributed by atoms with Gasteiger partial charge in [-0.1, -0.05) is 76.5 Å². The number of nitrogens with zero attached hydrogens (tertiary/aromatic N) is 2. The lowest BCUT2D eigenvalue weighted by molar-refractivity contribution is -0.113. The second kappa shape index (κ2) is 15.0. The number of halogens is 2. The van der Waals surface area contributed by atoms with Crippen molar-refractivity contribution in [1.82, 2.24) is 4.57 Å². The van der Waals surface area contributed by atoms with Crippen LogP contribution in [0.3, 0.4) is 0 Å². The standard InChI is InChI=1S/C39H35Cl2N3O5S/c1-6-48-33-19-25(9-16-32(33)49-21-26-8-14-29(40)30(41)18-26)20-34-38(46)44-36(27-10-12-28(47-5)13-11-27)35(24(4)42-39(44)50-34)37(45)43-31-15-7-22(2)17-23(31)3/h7-20,36H,6,21H2,1-5H3,(H,43,45)/b34-20+/t36-/m0/s1. The van der Waals surface area contributed by atoms with Crippen LogP contribution in [0, 0.1) is 13.8 Å². The minimum absolute atomic E-state index is 0.263. The third-order valence-corrected chi connectivity index (χ3v) is 9.99. The second-order valence-corrected chi connectivity index (χ2v) is 13.6. The lowest BCUT2D eigenvalue weighted by atomic mass is 9.95. The van der Waals surface area contributed by atoms with Crippen LogP contribution in [-0.4, -0.2) is 24.2 Å². The molecule has 4 aromatic carbocycles. The number of benzene rings is 4. The average molecular weight is 729 g/mol. The zero-order valence-electron chi connectivity index (χ0n) is 28.2. The predicted octanol–water partition coefficient (Wildman–Crippen LogP) is 7.78. The van der Waals surface area contributed by atoms with Gasteiger partial charge in [0, 0.05) is 5.69 Å². The summed E-state index contributed by atoms with van der Waals surface area (Å²) in [5, 5.41) is 3.99. The summed E-state index contributed by atoms with van der Waals surface area (Å²) in [5.74, 6) is 1.42. The first-order chi connectivity index (χ1) is 24.1. The van der Waals surface area contributed by atoms with E-state index in [1.165, 1.54) is 11.3 Å². The number of ether oxygens (including phenoxy) is 3. The van der Waals surface area contributed by atoms with Crippen molar-refractivity contribution < 1.29 is 19.0 Å². The van der Waals surface area contributed by atoms with E-state index in [9.17, 15) is 9.59 Å². The second-order valence-electron chi connectivity index (χ2n) is 11.8. The van der Waals surface area contributed by atoms with Gasteiger partial charge in [0.15, 0.2) is 16.3 Å². The number of thiazole rings is 1. The van der Waals surface area contributed by atoms with E-state index >= 15 is 0 Å². The Hall–Kier alpha value is -4.83. The van der Waals surface area contributed by atoms with Crippen molar-refractivity contribution in [1.29, 1.82) is 0 Å². The monoisotopic (exact) mass is 727 g/mol. The molecule has 0 unspecified atom stereocenters.